The summed E-state index contributed by atoms with van der Waals surface area (Å²) in [7, 11) is 0. The third kappa shape index (κ3) is 3.85. The Morgan fingerprint density at radius 1 is 1.53 bits per heavy atom. The predicted molar refractivity (Wildman–Crippen MR) is 58.2 cm³/mol. The number of aliphatic hydroxyl groups is 1. The average molecular weight is 277 g/mol. The number of nitrogens with one attached hydrogen (secondary N) is 2. The maximum atomic E-state index is 13.1. The largest absolute Gasteiger partial charge is 0.395 e. The Morgan fingerprint density at radius 2 is 2.27 bits per heavy atom. The van der Waals surface area contributed by atoms with Crippen molar-refractivity contribution in [3.63, 3.8) is 0 Å². The summed E-state index contributed by atoms with van der Waals surface area (Å²) >= 11 is 3.16. The second-order valence-electron chi connectivity index (χ2n) is 2.73. The minimum atomic E-state index is -0.555. The lowest BCUT2D eigenvalue weighted by Gasteiger charge is -2.07. The first kappa shape index (κ1) is 11.9. The summed E-state index contributed by atoms with van der Waals surface area (Å²) < 4.78 is 13.8. The van der Waals surface area contributed by atoms with E-state index in [4.69, 9.17) is 5.11 Å². The predicted octanol–water partition coefficient (Wildman–Crippen LogP) is 1.70. The van der Waals surface area contributed by atoms with Crippen molar-refractivity contribution in [2.45, 2.75) is 0 Å². The van der Waals surface area contributed by atoms with E-state index >= 15 is 0 Å². The van der Waals surface area contributed by atoms with Gasteiger partial charge in [0.1, 0.15) is 5.82 Å². The van der Waals surface area contributed by atoms with Crippen LogP contribution in [0.2, 0.25) is 0 Å². The number of hydrogen-bond donors (Lipinski definition) is 3. The minimum absolute atomic E-state index is 0.0832. The zero-order valence-corrected chi connectivity index (χ0v) is 9.34. The summed E-state index contributed by atoms with van der Waals surface area (Å²) in [5, 5.41) is 13.1. The van der Waals surface area contributed by atoms with Crippen molar-refractivity contribution in [2.24, 2.45) is 0 Å². The molecule has 0 aliphatic rings. The van der Waals surface area contributed by atoms with Crippen LogP contribution in [0.5, 0.6) is 0 Å². The number of hydrogen-bond acceptors (Lipinski definition) is 2. The van der Waals surface area contributed by atoms with E-state index in [0.29, 0.717) is 4.47 Å². The number of urea groups is 1. The highest BCUT2D eigenvalue weighted by atomic mass is 79.9. The number of carbonyl (C=O) groups excluding carboxylic acids is 1. The second kappa shape index (κ2) is 5.67. The Kier molecular flexibility index (Phi) is 4.51. The lowest BCUT2D eigenvalue weighted by Crippen LogP contribution is -2.31. The van der Waals surface area contributed by atoms with Crippen molar-refractivity contribution < 1.29 is 14.3 Å². The zero-order chi connectivity index (χ0) is 11.3. The molecule has 1 aromatic rings. The van der Waals surface area contributed by atoms with Crippen LogP contribution in [0.4, 0.5) is 14.9 Å². The molecule has 0 bridgehead atoms. The SMILES string of the molecule is O=C(NCCO)Nc1cc(Br)ccc1F. The van der Waals surface area contributed by atoms with Crippen LogP contribution >= 0.6 is 15.9 Å². The van der Waals surface area contributed by atoms with Crippen LogP contribution in [0.3, 0.4) is 0 Å². The van der Waals surface area contributed by atoms with Crippen molar-refractivity contribution in [2.75, 3.05) is 18.5 Å². The highest BCUT2D eigenvalue weighted by Gasteiger charge is 2.06. The fraction of sp³-hybridized carbons (Fsp3) is 0.222. The van der Waals surface area contributed by atoms with Gasteiger partial charge in [0.15, 0.2) is 0 Å². The minimum Gasteiger partial charge on any atom is -0.395 e. The third-order valence-corrected chi connectivity index (χ3v) is 2.07. The lowest BCUT2D eigenvalue weighted by atomic mass is 10.3. The van der Waals surface area contributed by atoms with E-state index in [2.05, 4.69) is 26.6 Å². The van der Waals surface area contributed by atoms with Crippen LogP contribution in [-0.4, -0.2) is 24.3 Å². The first-order valence-corrected chi connectivity index (χ1v) is 5.03. The number of benzene rings is 1. The smallest absolute Gasteiger partial charge is 0.319 e. The molecule has 3 N–H and O–H groups in total. The summed E-state index contributed by atoms with van der Waals surface area (Å²) in [6, 6.07) is 3.67. The molecular formula is C9H10BrFN2O2. The Hall–Kier alpha value is -1.14. The number of carbonyl (C=O) groups is 1. The Morgan fingerprint density at radius 3 is 2.93 bits per heavy atom. The topological polar surface area (TPSA) is 61.4 Å². The van der Waals surface area contributed by atoms with Gasteiger partial charge in [-0.3, -0.25) is 0 Å². The number of anilines is 1. The number of rotatable bonds is 3. The number of amides is 2. The normalized spacial score (nSPS) is 9.80. The fourth-order valence-electron chi connectivity index (χ4n) is 0.929. The third-order valence-electron chi connectivity index (χ3n) is 1.57. The van der Waals surface area contributed by atoms with E-state index in [1.54, 1.807) is 0 Å². The van der Waals surface area contributed by atoms with Gasteiger partial charge in [-0.15, -0.1) is 0 Å². The van der Waals surface area contributed by atoms with E-state index in [-0.39, 0.29) is 18.8 Å². The van der Waals surface area contributed by atoms with Gasteiger partial charge in [0.2, 0.25) is 0 Å². The zero-order valence-electron chi connectivity index (χ0n) is 7.76. The van der Waals surface area contributed by atoms with Gasteiger partial charge in [-0.1, -0.05) is 15.9 Å². The fourth-order valence-corrected chi connectivity index (χ4v) is 1.29. The standard InChI is InChI=1S/C9H10BrFN2O2/c10-6-1-2-7(11)8(5-6)13-9(15)12-3-4-14/h1-2,5,14H,3-4H2,(H2,12,13,15). The molecule has 4 nitrogen and oxygen atoms in total. The molecule has 0 aliphatic heterocycles. The van der Waals surface area contributed by atoms with Crippen LogP contribution < -0.4 is 10.6 Å². The van der Waals surface area contributed by atoms with E-state index in [0.717, 1.165) is 0 Å². The molecule has 15 heavy (non-hydrogen) atoms. The molecule has 0 saturated heterocycles. The van der Waals surface area contributed by atoms with E-state index in [9.17, 15) is 9.18 Å². The van der Waals surface area contributed by atoms with Crippen LogP contribution in [0.25, 0.3) is 0 Å². The summed E-state index contributed by atoms with van der Waals surface area (Å²) in [5.41, 5.74) is 0.0832. The van der Waals surface area contributed by atoms with Gasteiger partial charge < -0.3 is 15.7 Å². The molecule has 6 heteroatoms. The summed E-state index contributed by atoms with van der Waals surface area (Å²) in [4.78, 5) is 11.1. The molecule has 0 unspecified atom stereocenters. The van der Waals surface area contributed by atoms with Crippen molar-refractivity contribution in [3.05, 3.63) is 28.5 Å². The van der Waals surface area contributed by atoms with Gasteiger partial charge in [-0.2, -0.15) is 0 Å². The van der Waals surface area contributed by atoms with Crippen LogP contribution in [0, 0.1) is 5.82 Å². The van der Waals surface area contributed by atoms with Crippen LogP contribution in [-0.2, 0) is 0 Å². The molecular weight excluding hydrogens is 267 g/mol. The summed E-state index contributed by atoms with van der Waals surface area (Å²) in [5.74, 6) is -0.516. The monoisotopic (exact) mass is 276 g/mol. The molecule has 0 aromatic heterocycles. The van der Waals surface area contributed by atoms with Crippen molar-refractivity contribution in [1.29, 1.82) is 0 Å². The molecule has 0 aliphatic carbocycles. The molecule has 0 heterocycles. The highest BCUT2D eigenvalue weighted by Crippen LogP contribution is 2.19. The second-order valence-corrected chi connectivity index (χ2v) is 3.64. The maximum Gasteiger partial charge on any atom is 0.319 e. The lowest BCUT2D eigenvalue weighted by molar-refractivity contribution is 0.244. The van der Waals surface area contributed by atoms with Crippen LogP contribution in [0.1, 0.15) is 0 Å². The van der Waals surface area contributed by atoms with Crippen molar-refractivity contribution in [3.8, 4) is 0 Å². The molecule has 82 valence electrons. The van der Waals surface area contributed by atoms with Gasteiger partial charge in [-0.05, 0) is 18.2 Å². The number of halogens is 2. The molecule has 0 radical (unpaired) electrons. The molecule has 0 saturated carbocycles. The van der Waals surface area contributed by atoms with Gasteiger partial charge in [0.05, 0.1) is 12.3 Å². The molecule has 0 spiro atoms. The van der Waals surface area contributed by atoms with Gasteiger partial charge in [-0.25, -0.2) is 9.18 Å². The summed E-state index contributed by atoms with van der Waals surface area (Å²) in [6.07, 6.45) is 0. The van der Waals surface area contributed by atoms with E-state index < -0.39 is 11.8 Å². The molecule has 1 aromatic carbocycles. The molecule has 0 atom stereocenters. The van der Waals surface area contributed by atoms with Crippen LogP contribution in [0.15, 0.2) is 22.7 Å². The number of aliphatic hydroxyl groups excluding tert-OH is 1. The Balaban J connectivity index is 2.63. The molecule has 0 fully saturated rings. The summed E-state index contributed by atoms with van der Waals surface area (Å²) in [6.45, 7) is -0.0319. The first-order chi connectivity index (χ1) is 7.13. The van der Waals surface area contributed by atoms with Crippen molar-refractivity contribution >= 4 is 27.6 Å². The first-order valence-electron chi connectivity index (χ1n) is 4.24. The average Bonchev–Trinajstić information content (AvgIpc) is 2.20. The van der Waals surface area contributed by atoms with E-state index in [1.165, 1.54) is 18.2 Å². The van der Waals surface area contributed by atoms with E-state index in [1.807, 2.05) is 0 Å². The highest BCUT2D eigenvalue weighted by molar-refractivity contribution is 9.10. The maximum absolute atomic E-state index is 13.1. The Labute approximate surface area is 94.6 Å². The van der Waals surface area contributed by atoms with Crippen molar-refractivity contribution in [1.82, 2.24) is 5.32 Å². The molecule has 1 rings (SSSR count). The molecule has 2 amide bonds. The Bertz CT molecular complexity index is 360. The van der Waals surface area contributed by atoms with Gasteiger partial charge in [0.25, 0.3) is 0 Å². The van der Waals surface area contributed by atoms with Gasteiger partial charge in [0, 0.05) is 11.0 Å². The van der Waals surface area contributed by atoms with Gasteiger partial charge >= 0.3 is 6.03 Å². The quantitative estimate of drug-likeness (QED) is 0.787.